The van der Waals surface area contributed by atoms with Crippen molar-refractivity contribution >= 4 is 40.0 Å². The van der Waals surface area contributed by atoms with Crippen LogP contribution in [0.3, 0.4) is 0 Å². The zero-order chi connectivity index (χ0) is 24.5. The summed E-state index contributed by atoms with van der Waals surface area (Å²) >= 11 is 6.24. The van der Waals surface area contributed by atoms with Crippen LogP contribution in [0.4, 0.5) is 25.1 Å². The summed E-state index contributed by atoms with van der Waals surface area (Å²) in [7, 11) is 0. The fraction of sp³-hybridized carbons (Fsp3) is 0.192. The number of carbonyl (C=O) groups is 1. The molecule has 4 aromatic rings. The van der Waals surface area contributed by atoms with Gasteiger partial charge in [0.25, 0.3) is 0 Å². The topological polar surface area (TPSA) is 61.4 Å². The molecule has 1 saturated heterocycles. The molecule has 1 aliphatic heterocycles. The largest absolute Gasteiger partial charge is 0.352 e. The fourth-order valence-corrected chi connectivity index (χ4v) is 4.23. The number of carbonyl (C=O) groups excluding carboxylic acids is 1. The number of nitrogens with one attached hydrogen (secondary N) is 1. The van der Waals surface area contributed by atoms with Gasteiger partial charge in [-0.1, -0.05) is 41.4 Å². The summed E-state index contributed by atoms with van der Waals surface area (Å²) in [6.07, 6.45) is 0. The van der Waals surface area contributed by atoms with Crippen LogP contribution in [-0.4, -0.2) is 47.1 Å². The number of hydrogen-bond donors (Lipinski definition) is 1. The van der Waals surface area contributed by atoms with Gasteiger partial charge in [0, 0.05) is 48.2 Å². The molecule has 178 valence electrons. The molecular weight excluding hydrogens is 472 g/mol. The minimum atomic E-state index is -0.813. The molecule has 1 fully saturated rings. The first-order valence-corrected chi connectivity index (χ1v) is 11.6. The lowest BCUT2D eigenvalue weighted by atomic mass is 10.1. The Balaban J connectivity index is 1.38. The zero-order valence-electron chi connectivity index (χ0n) is 18.9. The summed E-state index contributed by atoms with van der Waals surface area (Å²) in [5.41, 5.74) is 2.73. The van der Waals surface area contributed by atoms with Crippen LogP contribution < -0.4 is 10.2 Å². The Kier molecular flexibility index (Phi) is 6.21. The number of hydrogen-bond acceptors (Lipinski definition) is 4. The van der Waals surface area contributed by atoms with Crippen LogP contribution in [0.1, 0.15) is 5.56 Å². The van der Waals surface area contributed by atoms with Crippen LogP contribution in [-0.2, 0) is 0 Å². The molecule has 0 bridgehead atoms. The van der Waals surface area contributed by atoms with Gasteiger partial charge >= 0.3 is 6.03 Å². The number of fused-ring (bicyclic) bond motifs is 1. The number of nitrogens with zero attached hydrogens (tertiary/aromatic N) is 4. The Bertz CT molecular complexity index is 1410. The van der Waals surface area contributed by atoms with Gasteiger partial charge in [0.2, 0.25) is 0 Å². The molecule has 0 saturated carbocycles. The smallest absolute Gasteiger partial charge is 0.322 e. The molecule has 1 aliphatic rings. The summed E-state index contributed by atoms with van der Waals surface area (Å²) in [6, 6.07) is 16.2. The van der Waals surface area contributed by atoms with Gasteiger partial charge in [-0.2, -0.15) is 0 Å². The Morgan fingerprint density at radius 2 is 1.69 bits per heavy atom. The number of piperazine rings is 1. The lowest BCUT2D eigenvalue weighted by molar-refractivity contribution is 0.208. The van der Waals surface area contributed by atoms with E-state index in [4.69, 9.17) is 21.6 Å². The van der Waals surface area contributed by atoms with Crippen molar-refractivity contribution in [3.63, 3.8) is 0 Å². The molecule has 0 unspecified atom stereocenters. The van der Waals surface area contributed by atoms with E-state index >= 15 is 0 Å². The maximum absolute atomic E-state index is 13.9. The lowest BCUT2D eigenvalue weighted by Crippen LogP contribution is -2.50. The number of anilines is 2. The first kappa shape index (κ1) is 23.0. The van der Waals surface area contributed by atoms with Crippen molar-refractivity contribution in [1.82, 2.24) is 14.9 Å². The van der Waals surface area contributed by atoms with Crippen LogP contribution in [0, 0.1) is 18.6 Å². The number of benzene rings is 3. The average Bonchev–Trinajstić information content (AvgIpc) is 2.85. The molecule has 3 aromatic carbocycles. The number of urea groups is 1. The third-order valence-electron chi connectivity index (χ3n) is 5.99. The molecule has 0 aliphatic carbocycles. The van der Waals surface area contributed by atoms with E-state index in [2.05, 4.69) is 10.2 Å². The zero-order valence-corrected chi connectivity index (χ0v) is 19.7. The standard InChI is InChI=1S/C26H22ClF2N5O/c1-16-2-4-17(5-3-16)24-30-23-14-18(27)6-8-20(23)25(32-24)33-10-12-34(13-11-33)26(35)31-22-9-7-19(28)15-21(22)29/h2-9,14-15H,10-13H2,1H3,(H,31,35). The van der Waals surface area contributed by atoms with Crippen molar-refractivity contribution in [2.24, 2.45) is 0 Å². The second-order valence-corrected chi connectivity index (χ2v) is 8.86. The third kappa shape index (κ3) is 4.88. The van der Waals surface area contributed by atoms with Crippen LogP contribution in [0.5, 0.6) is 0 Å². The van der Waals surface area contributed by atoms with E-state index in [1.807, 2.05) is 49.4 Å². The molecule has 9 heteroatoms. The molecule has 0 atom stereocenters. The van der Waals surface area contributed by atoms with Crippen LogP contribution >= 0.6 is 11.6 Å². The predicted molar refractivity (Wildman–Crippen MR) is 134 cm³/mol. The van der Waals surface area contributed by atoms with Gasteiger partial charge in [0.15, 0.2) is 5.82 Å². The van der Waals surface area contributed by atoms with Crippen molar-refractivity contribution in [3.8, 4) is 11.4 Å². The summed E-state index contributed by atoms with van der Waals surface area (Å²) in [4.78, 5) is 26.0. The van der Waals surface area contributed by atoms with Crippen molar-refractivity contribution in [2.45, 2.75) is 6.92 Å². The average molecular weight is 494 g/mol. The van der Waals surface area contributed by atoms with Crippen molar-refractivity contribution in [2.75, 3.05) is 36.4 Å². The normalized spacial score (nSPS) is 13.8. The second-order valence-electron chi connectivity index (χ2n) is 8.43. The highest BCUT2D eigenvalue weighted by molar-refractivity contribution is 6.31. The summed E-state index contributed by atoms with van der Waals surface area (Å²) < 4.78 is 27.1. The predicted octanol–water partition coefficient (Wildman–Crippen LogP) is 5.89. The molecule has 0 spiro atoms. The Hall–Kier alpha value is -3.78. The van der Waals surface area contributed by atoms with E-state index in [-0.39, 0.29) is 5.69 Å². The van der Waals surface area contributed by atoms with Gasteiger partial charge in [-0.15, -0.1) is 0 Å². The Morgan fingerprint density at radius 1 is 0.943 bits per heavy atom. The maximum atomic E-state index is 13.9. The van der Waals surface area contributed by atoms with Crippen LogP contribution in [0.15, 0.2) is 60.7 Å². The van der Waals surface area contributed by atoms with E-state index in [0.717, 1.165) is 40.0 Å². The number of halogens is 3. The van der Waals surface area contributed by atoms with Gasteiger partial charge in [-0.05, 0) is 37.3 Å². The van der Waals surface area contributed by atoms with Crippen LogP contribution in [0.25, 0.3) is 22.3 Å². The molecular formula is C26H22ClF2N5O. The highest BCUT2D eigenvalue weighted by Gasteiger charge is 2.25. The molecule has 6 nitrogen and oxygen atoms in total. The summed E-state index contributed by atoms with van der Waals surface area (Å²) in [5.74, 6) is -0.141. The molecule has 2 amide bonds. The van der Waals surface area contributed by atoms with Crippen molar-refractivity contribution in [1.29, 1.82) is 0 Å². The summed E-state index contributed by atoms with van der Waals surface area (Å²) in [5, 5.41) is 3.98. The van der Waals surface area contributed by atoms with Gasteiger partial charge in [0.1, 0.15) is 17.5 Å². The third-order valence-corrected chi connectivity index (χ3v) is 6.22. The van der Waals surface area contributed by atoms with Gasteiger partial charge in [-0.3, -0.25) is 0 Å². The second kappa shape index (κ2) is 9.46. The van der Waals surface area contributed by atoms with Crippen molar-refractivity contribution in [3.05, 3.63) is 82.9 Å². The van der Waals surface area contributed by atoms with Gasteiger partial charge < -0.3 is 15.1 Å². The molecule has 0 radical (unpaired) electrons. The molecule has 35 heavy (non-hydrogen) atoms. The van der Waals surface area contributed by atoms with E-state index in [0.29, 0.717) is 37.0 Å². The number of aryl methyl sites for hydroxylation is 1. The van der Waals surface area contributed by atoms with Crippen molar-refractivity contribution < 1.29 is 13.6 Å². The maximum Gasteiger partial charge on any atom is 0.322 e. The summed E-state index contributed by atoms with van der Waals surface area (Å²) in [6.45, 7) is 3.90. The first-order chi connectivity index (χ1) is 16.9. The monoisotopic (exact) mass is 493 g/mol. The molecule has 1 N–H and O–H groups in total. The minimum absolute atomic E-state index is 0.0553. The lowest BCUT2D eigenvalue weighted by Gasteiger charge is -2.36. The van der Waals surface area contributed by atoms with Crippen LogP contribution in [0.2, 0.25) is 5.02 Å². The Morgan fingerprint density at radius 3 is 2.40 bits per heavy atom. The highest BCUT2D eigenvalue weighted by atomic mass is 35.5. The fourth-order valence-electron chi connectivity index (χ4n) is 4.07. The highest BCUT2D eigenvalue weighted by Crippen LogP contribution is 2.30. The van der Waals surface area contributed by atoms with Gasteiger partial charge in [-0.25, -0.2) is 23.5 Å². The number of aromatic nitrogens is 2. The minimum Gasteiger partial charge on any atom is -0.352 e. The van der Waals surface area contributed by atoms with E-state index < -0.39 is 17.7 Å². The van der Waals surface area contributed by atoms with E-state index in [1.165, 1.54) is 6.07 Å². The number of rotatable bonds is 3. The SMILES string of the molecule is Cc1ccc(-c2nc(N3CCN(C(=O)Nc4ccc(F)cc4F)CC3)c3ccc(Cl)cc3n2)cc1. The molecule has 2 heterocycles. The molecule has 1 aromatic heterocycles. The molecule has 5 rings (SSSR count). The first-order valence-electron chi connectivity index (χ1n) is 11.2. The van der Waals surface area contributed by atoms with E-state index in [9.17, 15) is 13.6 Å². The van der Waals surface area contributed by atoms with Gasteiger partial charge in [0.05, 0.1) is 11.2 Å². The quantitative estimate of drug-likeness (QED) is 0.386. The Labute approximate surface area is 206 Å². The number of amides is 2. The van der Waals surface area contributed by atoms with E-state index in [1.54, 1.807) is 4.90 Å².